The maximum absolute atomic E-state index is 12.6. The predicted molar refractivity (Wildman–Crippen MR) is 68.2 cm³/mol. The van der Waals surface area contributed by atoms with Gasteiger partial charge in [-0.3, -0.25) is 0 Å². The Bertz CT molecular complexity index is 414. The zero-order chi connectivity index (χ0) is 13.9. The molecular formula is C13H18F3N3. The van der Waals surface area contributed by atoms with Crippen molar-refractivity contribution in [1.29, 1.82) is 0 Å². The van der Waals surface area contributed by atoms with Crippen molar-refractivity contribution in [2.24, 2.45) is 0 Å². The van der Waals surface area contributed by atoms with Crippen molar-refractivity contribution in [2.45, 2.75) is 32.0 Å². The van der Waals surface area contributed by atoms with E-state index in [-0.39, 0.29) is 0 Å². The molecule has 2 heterocycles. The van der Waals surface area contributed by atoms with Crippen LogP contribution in [0.5, 0.6) is 0 Å². The number of hydrogen-bond acceptors (Lipinski definition) is 3. The van der Waals surface area contributed by atoms with Gasteiger partial charge in [-0.2, -0.15) is 13.2 Å². The van der Waals surface area contributed by atoms with Gasteiger partial charge >= 0.3 is 6.18 Å². The maximum atomic E-state index is 12.6. The number of nitrogens with one attached hydrogen (secondary N) is 1. The molecule has 1 saturated heterocycles. The largest absolute Gasteiger partial charge is 0.433 e. The minimum absolute atomic E-state index is 0.344. The molecule has 19 heavy (non-hydrogen) atoms. The van der Waals surface area contributed by atoms with Crippen molar-refractivity contribution in [3.8, 4) is 0 Å². The Morgan fingerprint density at radius 2 is 2.21 bits per heavy atom. The van der Waals surface area contributed by atoms with Gasteiger partial charge in [0.05, 0.1) is 0 Å². The first-order chi connectivity index (χ1) is 9.00. The molecule has 0 bridgehead atoms. The van der Waals surface area contributed by atoms with E-state index in [2.05, 4.69) is 10.3 Å². The number of nitrogens with zero attached hydrogens (tertiary/aromatic N) is 2. The van der Waals surface area contributed by atoms with Crippen LogP contribution in [-0.2, 0) is 6.18 Å². The maximum Gasteiger partial charge on any atom is 0.433 e. The van der Waals surface area contributed by atoms with Crippen LogP contribution < -0.4 is 10.2 Å². The van der Waals surface area contributed by atoms with Crippen LogP contribution in [0.4, 0.5) is 19.0 Å². The van der Waals surface area contributed by atoms with E-state index in [0.29, 0.717) is 24.9 Å². The Kier molecular flexibility index (Phi) is 4.29. The van der Waals surface area contributed by atoms with E-state index < -0.39 is 11.9 Å². The number of pyridine rings is 1. The van der Waals surface area contributed by atoms with Crippen molar-refractivity contribution in [2.75, 3.05) is 24.5 Å². The second-order valence-electron chi connectivity index (χ2n) is 4.71. The molecule has 1 N–H and O–H groups in total. The summed E-state index contributed by atoms with van der Waals surface area (Å²) in [6.45, 7) is 4.26. The fourth-order valence-corrected chi connectivity index (χ4v) is 2.32. The second-order valence-corrected chi connectivity index (χ2v) is 4.71. The molecular weight excluding hydrogens is 255 g/mol. The van der Waals surface area contributed by atoms with E-state index in [1.54, 1.807) is 6.07 Å². The lowest BCUT2D eigenvalue weighted by Crippen LogP contribution is -2.38. The summed E-state index contributed by atoms with van der Waals surface area (Å²) < 4.78 is 37.9. The van der Waals surface area contributed by atoms with Gasteiger partial charge in [-0.1, -0.05) is 6.07 Å². The monoisotopic (exact) mass is 273 g/mol. The average molecular weight is 273 g/mol. The van der Waals surface area contributed by atoms with Gasteiger partial charge in [0.25, 0.3) is 0 Å². The van der Waals surface area contributed by atoms with Crippen LogP contribution in [0.25, 0.3) is 0 Å². The van der Waals surface area contributed by atoms with Crippen LogP contribution in [0.2, 0.25) is 0 Å². The van der Waals surface area contributed by atoms with Crippen LogP contribution in [0.3, 0.4) is 0 Å². The summed E-state index contributed by atoms with van der Waals surface area (Å²) in [6, 6.07) is 4.39. The summed E-state index contributed by atoms with van der Waals surface area (Å²) >= 11 is 0. The van der Waals surface area contributed by atoms with Crippen LogP contribution in [0.1, 0.15) is 25.5 Å². The summed E-state index contributed by atoms with van der Waals surface area (Å²) in [5.74, 6) is 0.394. The lowest BCUT2D eigenvalue weighted by molar-refractivity contribution is -0.141. The molecule has 6 heteroatoms. The molecule has 0 amide bonds. The molecule has 3 nitrogen and oxygen atoms in total. The van der Waals surface area contributed by atoms with Gasteiger partial charge in [0.1, 0.15) is 11.5 Å². The summed E-state index contributed by atoms with van der Waals surface area (Å²) in [7, 11) is 0. The van der Waals surface area contributed by atoms with Crippen molar-refractivity contribution < 1.29 is 13.2 Å². The first kappa shape index (κ1) is 14.1. The lowest BCUT2D eigenvalue weighted by atomic mass is 10.2. The van der Waals surface area contributed by atoms with Gasteiger partial charge in [0.15, 0.2) is 0 Å². The number of aromatic nitrogens is 1. The van der Waals surface area contributed by atoms with E-state index in [9.17, 15) is 13.2 Å². The molecule has 0 aromatic carbocycles. The SMILES string of the molecule is CCN(CC1CCCN1)c1cccc(C(F)(F)F)n1. The Morgan fingerprint density at radius 3 is 2.79 bits per heavy atom. The highest BCUT2D eigenvalue weighted by Gasteiger charge is 2.33. The second kappa shape index (κ2) is 5.77. The third-order valence-electron chi connectivity index (χ3n) is 3.33. The molecule has 0 spiro atoms. The molecule has 1 fully saturated rings. The quantitative estimate of drug-likeness (QED) is 0.914. The molecule has 106 valence electrons. The summed E-state index contributed by atoms with van der Waals surface area (Å²) in [4.78, 5) is 5.62. The van der Waals surface area contributed by atoms with Crippen LogP contribution in [-0.4, -0.2) is 30.7 Å². The molecule has 1 aromatic rings. The number of rotatable bonds is 4. The topological polar surface area (TPSA) is 28.2 Å². The Hall–Kier alpha value is -1.30. The zero-order valence-corrected chi connectivity index (χ0v) is 10.9. The highest BCUT2D eigenvalue weighted by atomic mass is 19.4. The molecule has 0 aliphatic carbocycles. The normalized spacial score (nSPS) is 19.7. The van der Waals surface area contributed by atoms with Gasteiger partial charge in [-0.25, -0.2) is 4.98 Å². The van der Waals surface area contributed by atoms with E-state index >= 15 is 0 Å². The predicted octanol–water partition coefficient (Wildman–Crippen LogP) is 2.68. The van der Waals surface area contributed by atoms with Crippen molar-refractivity contribution in [3.63, 3.8) is 0 Å². The standard InChI is InChI=1S/C13H18F3N3/c1-2-19(9-10-5-4-8-17-10)12-7-3-6-11(18-12)13(14,15)16/h3,6-7,10,17H,2,4-5,8-9H2,1H3. The Labute approximate surface area is 110 Å². The van der Waals surface area contributed by atoms with E-state index in [1.165, 1.54) is 6.07 Å². The first-order valence-corrected chi connectivity index (χ1v) is 6.53. The Morgan fingerprint density at radius 1 is 1.42 bits per heavy atom. The molecule has 2 rings (SSSR count). The van der Waals surface area contributed by atoms with Gasteiger partial charge in [0.2, 0.25) is 0 Å². The smallest absolute Gasteiger partial charge is 0.355 e. The molecule has 1 aliphatic heterocycles. The van der Waals surface area contributed by atoms with Gasteiger partial charge in [-0.15, -0.1) is 0 Å². The van der Waals surface area contributed by atoms with Gasteiger partial charge in [0, 0.05) is 19.1 Å². The fourth-order valence-electron chi connectivity index (χ4n) is 2.32. The van der Waals surface area contributed by atoms with Crippen LogP contribution in [0.15, 0.2) is 18.2 Å². The highest BCUT2D eigenvalue weighted by Crippen LogP contribution is 2.29. The minimum Gasteiger partial charge on any atom is -0.355 e. The van der Waals surface area contributed by atoms with E-state index in [1.807, 2.05) is 11.8 Å². The zero-order valence-electron chi connectivity index (χ0n) is 10.9. The highest BCUT2D eigenvalue weighted by molar-refractivity contribution is 5.40. The van der Waals surface area contributed by atoms with E-state index in [0.717, 1.165) is 25.5 Å². The minimum atomic E-state index is -4.39. The summed E-state index contributed by atoms with van der Waals surface area (Å²) in [6.07, 6.45) is -2.20. The number of likely N-dealkylation sites (N-methyl/N-ethyl adjacent to an activating group) is 1. The molecule has 0 radical (unpaired) electrons. The molecule has 0 saturated carbocycles. The average Bonchev–Trinajstić information content (AvgIpc) is 2.88. The molecule has 1 atom stereocenters. The molecule has 1 unspecified atom stereocenters. The number of anilines is 1. The lowest BCUT2D eigenvalue weighted by Gasteiger charge is -2.26. The Balaban J connectivity index is 2.13. The summed E-state index contributed by atoms with van der Waals surface area (Å²) in [5.41, 5.74) is -0.831. The van der Waals surface area contributed by atoms with Gasteiger partial charge in [-0.05, 0) is 38.4 Å². The van der Waals surface area contributed by atoms with Gasteiger partial charge < -0.3 is 10.2 Å². The van der Waals surface area contributed by atoms with E-state index in [4.69, 9.17) is 0 Å². The molecule has 1 aliphatic rings. The third kappa shape index (κ3) is 3.59. The fraction of sp³-hybridized carbons (Fsp3) is 0.615. The first-order valence-electron chi connectivity index (χ1n) is 6.53. The van der Waals surface area contributed by atoms with Crippen LogP contribution >= 0.6 is 0 Å². The van der Waals surface area contributed by atoms with Crippen molar-refractivity contribution in [3.05, 3.63) is 23.9 Å². The summed E-state index contributed by atoms with van der Waals surface area (Å²) in [5, 5.41) is 3.34. The van der Waals surface area contributed by atoms with Crippen LogP contribution in [0, 0.1) is 0 Å². The third-order valence-corrected chi connectivity index (χ3v) is 3.33. The number of halogens is 3. The molecule has 1 aromatic heterocycles. The number of hydrogen-bond donors (Lipinski definition) is 1. The number of alkyl halides is 3. The van der Waals surface area contributed by atoms with Crippen molar-refractivity contribution >= 4 is 5.82 Å². The van der Waals surface area contributed by atoms with Crippen molar-refractivity contribution in [1.82, 2.24) is 10.3 Å².